The van der Waals surface area contributed by atoms with E-state index in [2.05, 4.69) is 9.44 Å². The summed E-state index contributed by atoms with van der Waals surface area (Å²) in [5.41, 5.74) is 4.16. The minimum Gasteiger partial charge on any atom is -0.283 e. The number of sulfonamides is 2. The molecule has 0 fully saturated rings. The van der Waals surface area contributed by atoms with Crippen molar-refractivity contribution in [3.63, 3.8) is 0 Å². The Bertz CT molecular complexity index is 1270. The van der Waals surface area contributed by atoms with E-state index < -0.39 is 20.0 Å². The highest BCUT2D eigenvalue weighted by molar-refractivity contribution is 7.92. The number of benzene rings is 3. The molecule has 0 aliphatic heterocycles. The van der Waals surface area contributed by atoms with Crippen molar-refractivity contribution in [1.29, 1.82) is 0 Å². The molecule has 0 spiro atoms. The first-order chi connectivity index (χ1) is 14.1. The van der Waals surface area contributed by atoms with Crippen LogP contribution in [0.3, 0.4) is 0 Å². The standard InChI is InChI=1S/C22H24N2O4S2/c1-16-8-9-18(3)22(14-16)24-30(27,28)21-12-10-20(11-13-21)23-29(25,26)15-19-7-5-4-6-17(19)2/h4-14,23-24H,15H2,1-3H3. The maximum atomic E-state index is 12.7. The number of hydrogen-bond acceptors (Lipinski definition) is 4. The number of rotatable bonds is 7. The highest BCUT2D eigenvalue weighted by atomic mass is 32.2. The van der Waals surface area contributed by atoms with Crippen LogP contribution in [0.2, 0.25) is 0 Å². The van der Waals surface area contributed by atoms with E-state index in [0.717, 1.165) is 16.7 Å². The predicted octanol–water partition coefficient (Wildman–Crippen LogP) is 4.35. The van der Waals surface area contributed by atoms with E-state index in [-0.39, 0.29) is 10.6 Å². The quantitative estimate of drug-likeness (QED) is 0.566. The van der Waals surface area contributed by atoms with E-state index in [1.54, 1.807) is 18.2 Å². The van der Waals surface area contributed by atoms with Crippen LogP contribution < -0.4 is 9.44 Å². The lowest BCUT2D eigenvalue weighted by Crippen LogP contribution is -2.16. The fraction of sp³-hybridized carbons (Fsp3) is 0.182. The molecule has 3 aromatic rings. The molecule has 3 rings (SSSR count). The van der Waals surface area contributed by atoms with Gasteiger partial charge in [-0.15, -0.1) is 0 Å². The number of nitrogens with one attached hydrogen (secondary N) is 2. The molecule has 0 bridgehead atoms. The van der Waals surface area contributed by atoms with Gasteiger partial charge in [0, 0.05) is 5.69 Å². The van der Waals surface area contributed by atoms with Crippen LogP contribution in [0.15, 0.2) is 71.6 Å². The lowest BCUT2D eigenvalue weighted by molar-refractivity contribution is 0.599. The molecule has 6 nitrogen and oxygen atoms in total. The summed E-state index contributed by atoms with van der Waals surface area (Å²) in [7, 11) is -7.43. The maximum Gasteiger partial charge on any atom is 0.261 e. The summed E-state index contributed by atoms with van der Waals surface area (Å²) in [6.07, 6.45) is 0. The van der Waals surface area contributed by atoms with Crippen LogP contribution in [-0.4, -0.2) is 16.8 Å². The van der Waals surface area contributed by atoms with Crippen LogP contribution in [0.4, 0.5) is 11.4 Å². The Hall–Kier alpha value is -2.84. The number of anilines is 2. The van der Waals surface area contributed by atoms with Gasteiger partial charge < -0.3 is 0 Å². The van der Waals surface area contributed by atoms with Crippen LogP contribution >= 0.6 is 0 Å². The Morgan fingerprint density at radius 1 is 0.733 bits per heavy atom. The second-order valence-electron chi connectivity index (χ2n) is 7.24. The van der Waals surface area contributed by atoms with Gasteiger partial charge in [-0.25, -0.2) is 16.8 Å². The van der Waals surface area contributed by atoms with E-state index in [9.17, 15) is 16.8 Å². The molecule has 0 heterocycles. The second kappa shape index (κ2) is 8.49. The van der Waals surface area contributed by atoms with Gasteiger partial charge in [0.05, 0.1) is 16.3 Å². The van der Waals surface area contributed by atoms with Gasteiger partial charge in [-0.1, -0.05) is 36.4 Å². The van der Waals surface area contributed by atoms with Gasteiger partial charge in [0.1, 0.15) is 0 Å². The van der Waals surface area contributed by atoms with Crippen LogP contribution in [-0.2, 0) is 25.8 Å². The lowest BCUT2D eigenvalue weighted by Gasteiger charge is -2.13. The van der Waals surface area contributed by atoms with Crippen molar-refractivity contribution >= 4 is 31.4 Å². The summed E-state index contributed by atoms with van der Waals surface area (Å²) in [6, 6.07) is 18.4. The van der Waals surface area contributed by atoms with E-state index in [1.165, 1.54) is 24.3 Å². The molecule has 0 saturated heterocycles. The summed E-state index contributed by atoms with van der Waals surface area (Å²) in [5, 5.41) is 0. The maximum absolute atomic E-state index is 12.7. The zero-order valence-corrected chi connectivity index (χ0v) is 18.6. The molecular weight excluding hydrogens is 420 g/mol. The summed E-state index contributed by atoms with van der Waals surface area (Å²) in [5.74, 6) is -0.159. The summed E-state index contributed by atoms with van der Waals surface area (Å²) in [4.78, 5) is 0.0465. The van der Waals surface area contributed by atoms with E-state index in [1.807, 2.05) is 45.0 Å². The van der Waals surface area contributed by atoms with Gasteiger partial charge in [0.25, 0.3) is 10.0 Å². The van der Waals surface area contributed by atoms with Crippen LogP contribution in [0, 0.1) is 20.8 Å². The molecule has 0 aliphatic carbocycles. The Morgan fingerprint density at radius 3 is 2.07 bits per heavy atom. The van der Waals surface area contributed by atoms with Crippen molar-refractivity contribution in [3.8, 4) is 0 Å². The van der Waals surface area contributed by atoms with E-state index >= 15 is 0 Å². The van der Waals surface area contributed by atoms with Crippen molar-refractivity contribution in [2.75, 3.05) is 9.44 Å². The Balaban J connectivity index is 1.75. The molecule has 8 heteroatoms. The van der Waals surface area contributed by atoms with Crippen molar-refractivity contribution in [1.82, 2.24) is 0 Å². The SMILES string of the molecule is Cc1ccc(C)c(NS(=O)(=O)c2ccc(NS(=O)(=O)Cc3ccccc3C)cc2)c1. The third kappa shape index (κ3) is 5.40. The van der Waals surface area contributed by atoms with Crippen molar-refractivity contribution < 1.29 is 16.8 Å². The molecule has 3 aromatic carbocycles. The minimum atomic E-state index is -3.79. The molecule has 0 radical (unpaired) electrons. The average Bonchev–Trinajstić information content (AvgIpc) is 2.66. The molecule has 0 unspecified atom stereocenters. The zero-order valence-electron chi connectivity index (χ0n) is 17.0. The topological polar surface area (TPSA) is 92.3 Å². The molecule has 0 amide bonds. The summed E-state index contributed by atoms with van der Waals surface area (Å²) in [6.45, 7) is 5.56. The lowest BCUT2D eigenvalue weighted by atomic mass is 10.1. The molecule has 0 atom stereocenters. The summed E-state index contributed by atoms with van der Waals surface area (Å²) < 4.78 is 55.4. The van der Waals surface area contributed by atoms with Gasteiger partial charge in [0.15, 0.2) is 0 Å². The van der Waals surface area contributed by atoms with Crippen molar-refractivity contribution in [3.05, 3.63) is 89.0 Å². The fourth-order valence-electron chi connectivity index (χ4n) is 2.94. The first-order valence-corrected chi connectivity index (χ1v) is 12.4. The third-order valence-corrected chi connectivity index (χ3v) is 7.30. The highest BCUT2D eigenvalue weighted by Gasteiger charge is 2.17. The van der Waals surface area contributed by atoms with Gasteiger partial charge in [-0.2, -0.15) is 0 Å². The zero-order chi connectivity index (χ0) is 21.9. The third-order valence-electron chi connectivity index (χ3n) is 4.68. The molecule has 0 aliphatic rings. The van der Waals surface area contributed by atoms with Crippen LogP contribution in [0.5, 0.6) is 0 Å². The molecule has 0 saturated carbocycles. The van der Waals surface area contributed by atoms with Crippen molar-refractivity contribution in [2.45, 2.75) is 31.4 Å². The molecular formula is C22H24N2O4S2. The second-order valence-corrected chi connectivity index (χ2v) is 10.6. The van der Waals surface area contributed by atoms with Crippen molar-refractivity contribution in [2.24, 2.45) is 0 Å². The first kappa shape index (κ1) is 21.9. The van der Waals surface area contributed by atoms with E-state index in [4.69, 9.17) is 0 Å². The van der Waals surface area contributed by atoms with Crippen LogP contribution in [0.25, 0.3) is 0 Å². The van der Waals surface area contributed by atoms with Gasteiger partial charge in [0.2, 0.25) is 10.0 Å². The normalized spacial score (nSPS) is 11.8. The Kier molecular flexibility index (Phi) is 6.19. The largest absolute Gasteiger partial charge is 0.283 e. The van der Waals surface area contributed by atoms with Gasteiger partial charge >= 0.3 is 0 Å². The molecule has 158 valence electrons. The number of aryl methyl sites for hydroxylation is 3. The van der Waals surface area contributed by atoms with Gasteiger partial charge in [-0.05, 0) is 73.4 Å². The Labute approximate surface area is 178 Å². The smallest absolute Gasteiger partial charge is 0.261 e. The molecule has 2 N–H and O–H groups in total. The highest BCUT2D eigenvalue weighted by Crippen LogP contribution is 2.23. The predicted molar refractivity (Wildman–Crippen MR) is 121 cm³/mol. The number of hydrogen-bond donors (Lipinski definition) is 2. The van der Waals surface area contributed by atoms with E-state index in [0.29, 0.717) is 16.9 Å². The molecule has 0 aromatic heterocycles. The summed E-state index contributed by atoms with van der Waals surface area (Å²) >= 11 is 0. The monoisotopic (exact) mass is 444 g/mol. The fourth-order valence-corrected chi connectivity index (χ4v) is 5.37. The minimum absolute atomic E-state index is 0.0465. The van der Waals surface area contributed by atoms with Gasteiger partial charge in [-0.3, -0.25) is 9.44 Å². The van der Waals surface area contributed by atoms with Crippen LogP contribution in [0.1, 0.15) is 22.3 Å². The molecule has 30 heavy (non-hydrogen) atoms. The Morgan fingerprint density at radius 2 is 1.40 bits per heavy atom. The average molecular weight is 445 g/mol. The first-order valence-electron chi connectivity index (χ1n) is 9.31.